The molecule has 2 aromatic rings. The smallest absolute Gasteiger partial charge is 0.242 e. The molecule has 2 rings (SSSR count). The second kappa shape index (κ2) is 11.5. The maximum Gasteiger partial charge on any atom is 0.242 e. The van der Waals surface area contributed by atoms with Gasteiger partial charge in [0.25, 0.3) is 0 Å². The van der Waals surface area contributed by atoms with Gasteiger partial charge in [-0.05, 0) is 37.6 Å². The largest absolute Gasteiger partial charge is 0.357 e. The zero-order chi connectivity index (χ0) is 23.9. The standard InChI is InChI=1S/C22H27Cl2N3O4S/c1-16(22(29)25-2)26(15-18-19(23)11-7-12-20(18)24)21(28)13-8-14-27(32(3,30)31)17-9-5-4-6-10-17/h4-7,9-12,16H,8,13-15H2,1-3H3,(H,25,29)/t16-/m1/s1. The van der Waals surface area contributed by atoms with E-state index in [9.17, 15) is 18.0 Å². The molecule has 0 radical (unpaired) electrons. The van der Waals surface area contributed by atoms with Gasteiger partial charge in [0.1, 0.15) is 6.04 Å². The Hall–Kier alpha value is -2.29. The summed E-state index contributed by atoms with van der Waals surface area (Å²) in [5.41, 5.74) is 1.07. The maximum absolute atomic E-state index is 13.1. The van der Waals surface area contributed by atoms with Gasteiger partial charge in [0, 0.05) is 42.2 Å². The summed E-state index contributed by atoms with van der Waals surface area (Å²) in [5, 5.41) is 3.33. The lowest BCUT2D eigenvalue weighted by Gasteiger charge is -2.29. The Morgan fingerprint density at radius 1 is 1.03 bits per heavy atom. The Bertz CT molecular complexity index is 1030. The molecular weight excluding hydrogens is 473 g/mol. The Morgan fingerprint density at radius 3 is 2.16 bits per heavy atom. The van der Waals surface area contributed by atoms with Gasteiger partial charge in [0.2, 0.25) is 21.8 Å². The summed E-state index contributed by atoms with van der Waals surface area (Å²) < 4.78 is 25.7. The predicted molar refractivity (Wildman–Crippen MR) is 128 cm³/mol. The molecule has 174 valence electrons. The van der Waals surface area contributed by atoms with E-state index < -0.39 is 16.1 Å². The lowest BCUT2D eigenvalue weighted by molar-refractivity contribution is -0.140. The molecule has 0 saturated carbocycles. The van der Waals surface area contributed by atoms with Crippen molar-refractivity contribution in [3.63, 3.8) is 0 Å². The number of hydrogen-bond acceptors (Lipinski definition) is 4. The Kier molecular flexibility index (Phi) is 9.36. The molecule has 0 bridgehead atoms. The SMILES string of the molecule is CNC(=O)[C@@H](C)N(Cc1c(Cl)cccc1Cl)C(=O)CCCN(c1ccccc1)S(C)(=O)=O. The van der Waals surface area contributed by atoms with Gasteiger partial charge in [-0.25, -0.2) is 8.42 Å². The number of sulfonamides is 1. The summed E-state index contributed by atoms with van der Waals surface area (Å²) in [6.45, 7) is 1.80. The first-order valence-electron chi connectivity index (χ1n) is 10.0. The molecule has 1 atom stereocenters. The van der Waals surface area contributed by atoms with Crippen molar-refractivity contribution >= 4 is 50.7 Å². The molecule has 7 nitrogen and oxygen atoms in total. The highest BCUT2D eigenvalue weighted by Gasteiger charge is 2.27. The van der Waals surface area contributed by atoms with Crippen LogP contribution in [0.4, 0.5) is 5.69 Å². The first-order valence-corrected chi connectivity index (χ1v) is 12.6. The number of nitrogens with zero attached hydrogens (tertiary/aromatic N) is 2. The van der Waals surface area contributed by atoms with Crippen LogP contribution >= 0.6 is 23.2 Å². The van der Waals surface area contributed by atoms with E-state index in [0.717, 1.165) is 6.26 Å². The molecule has 0 aliphatic carbocycles. The van der Waals surface area contributed by atoms with E-state index in [1.165, 1.54) is 16.3 Å². The van der Waals surface area contributed by atoms with Crippen LogP contribution in [0.3, 0.4) is 0 Å². The topological polar surface area (TPSA) is 86.8 Å². The van der Waals surface area contributed by atoms with Gasteiger partial charge in [-0.2, -0.15) is 0 Å². The van der Waals surface area contributed by atoms with Crippen LogP contribution in [-0.4, -0.2) is 51.0 Å². The first-order chi connectivity index (χ1) is 15.1. The van der Waals surface area contributed by atoms with Gasteiger partial charge in [-0.3, -0.25) is 13.9 Å². The maximum atomic E-state index is 13.1. The molecule has 0 fully saturated rings. The molecule has 0 aromatic heterocycles. The van der Waals surface area contributed by atoms with Crippen LogP contribution in [0.15, 0.2) is 48.5 Å². The number of carbonyl (C=O) groups excluding carboxylic acids is 2. The van der Waals surface area contributed by atoms with Gasteiger partial charge in [0.05, 0.1) is 11.9 Å². The summed E-state index contributed by atoms with van der Waals surface area (Å²) >= 11 is 12.5. The van der Waals surface area contributed by atoms with Gasteiger partial charge >= 0.3 is 0 Å². The Labute approximate surface area is 199 Å². The predicted octanol–water partition coefficient (Wildman–Crippen LogP) is 3.70. The van der Waals surface area contributed by atoms with E-state index in [2.05, 4.69) is 5.32 Å². The zero-order valence-corrected chi connectivity index (χ0v) is 20.5. The number of likely N-dealkylation sites (N-methyl/N-ethyl adjacent to an activating group) is 1. The summed E-state index contributed by atoms with van der Waals surface area (Å²) in [7, 11) is -2.03. The highest BCUT2D eigenvalue weighted by molar-refractivity contribution is 7.92. The number of hydrogen-bond donors (Lipinski definition) is 1. The molecule has 0 unspecified atom stereocenters. The Balaban J connectivity index is 2.18. The van der Waals surface area contributed by atoms with Crippen LogP contribution in [0.2, 0.25) is 10.0 Å². The summed E-state index contributed by atoms with van der Waals surface area (Å²) in [6, 6.07) is 13.0. The molecular formula is C22H27Cl2N3O4S. The number of nitrogens with one attached hydrogen (secondary N) is 1. The quantitative estimate of drug-likeness (QED) is 0.539. The molecule has 10 heteroatoms. The highest BCUT2D eigenvalue weighted by atomic mass is 35.5. The van der Waals surface area contributed by atoms with E-state index in [-0.39, 0.29) is 37.7 Å². The van der Waals surface area contributed by atoms with Crippen molar-refractivity contribution < 1.29 is 18.0 Å². The van der Waals surface area contributed by atoms with E-state index in [0.29, 0.717) is 21.3 Å². The van der Waals surface area contributed by atoms with Crippen LogP contribution < -0.4 is 9.62 Å². The Morgan fingerprint density at radius 2 is 1.62 bits per heavy atom. The number of benzene rings is 2. The molecule has 0 aliphatic rings. The second-order valence-electron chi connectivity index (χ2n) is 7.29. The molecule has 0 spiro atoms. The molecule has 2 amide bonds. The molecule has 0 aliphatic heterocycles. The summed E-state index contributed by atoms with van der Waals surface area (Å²) in [5.74, 6) is -0.637. The van der Waals surface area contributed by atoms with Crippen LogP contribution in [0.5, 0.6) is 0 Å². The van der Waals surface area contributed by atoms with Crippen molar-refractivity contribution in [2.24, 2.45) is 0 Å². The molecule has 0 heterocycles. The van der Waals surface area contributed by atoms with Crippen molar-refractivity contribution in [2.45, 2.75) is 32.4 Å². The van der Waals surface area contributed by atoms with E-state index in [1.54, 1.807) is 55.5 Å². The second-order valence-corrected chi connectivity index (χ2v) is 10.0. The number of anilines is 1. The average Bonchev–Trinajstić information content (AvgIpc) is 2.75. The van der Waals surface area contributed by atoms with Crippen LogP contribution in [-0.2, 0) is 26.2 Å². The van der Waals surface area contributed by atoms with Crippen molar-refractivity contribution in [3.05, 3.63) is 64.1 Å². The van der Waals surface area contributed by atoms with Gasteiger partial charge in [0.15, 0.2) is 0 Å². The van der Waals surface area contributed by atoms with Gasteiger partial charge in [-0.15, -0.1) is 0 Å². The normalized spacial score (nSPS) is 12.2. The monoisotopic (exact) mass is 499 g/mol. The fourth-order valence-corrected chi connectivity index (χ4v) is 4.73. The number of carbonyl (C=O) groups is 2. The zero-order valence-electron chi connectivity index (χ0n) is 18.2. The van der Waals surface area contributed by atoms with Crippen LogP contribution in [0.1, 0.15) is 25.3 Å². The minimum Gasteiger partial charge on any atom is -0.357 e. The lowest BCUT2D eigenvalue weighted by Crippen LogP contribution is -2.47. The highest BCUT2D eigenvalue weighted by Crippen LogP contribution is 2.27. The van der Waals surface area contributed by atoms with Gasteiger partial charge in [-0.1, -0.05) is 47.5 Å². The van der Waals surface area contributed by atoms with Crippen molar-refractivity contribution in [1.82, 2.24) is 10.2 Å². The van der Waals surface area contributed by atoms with E-state index in [4.69, 9.17) is 23.2 Å². The number of para-hydroxylation sites is 1. The van der Waals surface area contributed by atoms with Crippen molar-refractivity contribution in [3.8, 4) is 0 Å². The van der Waals surface area contributed by atoms with E-state index in [1.807, 2.05) is 0 Å². The number of rotatable bonds is 10. The van der Waals surface area contributed by atoms with Crippen molar-refractivity contribution in [1.29, 1.82) is 0 Å². The lowest BCUT2D eigenvalue weighted by atomic mass is 10.1. The van der Waals surface area contributed by atoms with Gasteiger partial charge < -0.3 is 10.2 Å². The fraction of sp³-hybridized carbons (Fsp3) is 0.364. The summed E-state index contributed by atoms with van der Waals surface area (Å²) in [4.78, 5) is 26.8. The number of amides is 2. The molecule has 32 heavy (non-hydrogen) atoms. The van der Waals surface area contributed by atoms with Crippen LogP contribution in [0.25, 0.3) is 0 Å². The summed E-state index contributed by atoms with van der Waals surface area (Å²) in [6.07, 6.45) is 1.44. The average molecular weight is 500 g/mol. The molecule has 0 saturated heterocycles. The minimum absolute atomic E-state index is 0.0439. The third-order valence-electron chi connectivity index (χ3n) is 5.00. The van der Waals surface area contributed by atoms with Crippen molar-refractivity contribution in [2.75, 3.05) is 24.2 Å². The van der Waals surface area contributed by atoms with Crippen LogP contribution in [0, 0.1) is 0 Å². The van der Waals surface area contributed by atoms with E-state index >= 15 is 0 Å². The third kappa shape index (κ3) is 6.85. The third-order valence-corrected chi connectivity index (χ3v) is 6.90. The fourth-order valence-electron chi connectivity index (χ4n) is 3.24. The molecule has 1 N–H and O–H groups in total. The first kappa shape index (κ1) is 26.0. The molecule has 2 aromatic carbocycles. The number of halogens is 2. The minimum atomic E-state index is -3.52.